The Bertz CT molecular complexity index is 571. The van der Waals surface area contributed by atoms with Crippen LogP contribution in [0.4, 0.5) is 11.5 Å². The summed E-state index contributed by atoms with van der Waals surface area (Å²) in [6, 6.07) is 3.10. The van der Waals surface area contributed by atoms with Crippen LogP contribution in [0.15, 0.2) is 23.7 Å². The van der Waals surface area contributed by atoms with Crippen molar-refractivity contribution >= 4 is 22.8 Å². The number of nitro groups is 1. The average Bonchev–Trinajstić information content (AvgIpc) is 2.89. The highest BCUT2D eigenvalue weighted by molar-refractivity contribution is 7.09. The molecule has 100 valence electrons. The second kappa shape index (κ2) is 5.75. The normalized spacial score (nSPS) is 12.1. The van der Waals surface area contributed by atoms with Gasteiger partial charge in [-0.2, -0.15) is 0 Å². The molecule has 0 spiro atoms. The van der Waals surface area contributed by atoms with Gasteiger partial charge in [0.05, 0.1) is 9.93 Å². The predicted octanol–water partition coefficient (Wildman–Crippen LogP) is 2.97. The standard InChI is InChI=1S/C12H14N4O2S/c1-8(12-13-5-6-19-12)7-14-11-10(16(17)18)4-3-9(2)15-11/h3-6,8H,7H2,1-2H3,(H,14,15). The third kappa shape index (κ3) is 3.25. The van der Waals surface area contributed by atoms with Crippen molar-refractivity contribution in [2.75, 3.05) is 11.9 Å². The number of hydrogen-bond acceptors (Lipinski definition) is 6. The minimum absolute atomic E-state index is 0.00283. The first-order chi connectivity index (χ1) is 9.08. The van der Waals surface area contributed by atoms with Crippen LogP contribution in [0, 0.1) is 17.0 Å². The summed E-state index contributed by atoms with van der Waals surface area (Å²) in [7, 11) is 0. The Balaban J connectivity index is 2.10. The van der Waals surface area contributed by atoms with E-state index in [1.54, 1.807) is 30.5 Å². The molecule has 0 saturated carbocycles. The van der Waals surface area contributed by atoms with Crippen LogP contribution < -0.4 is 5.32 Å². The summed E-state index contributed by atoms with van der Waals surface area (Å²) in [4.78, 5) is 18.9. The first kappa shape index (κ1) is 13.4. The van der Waals surface area contributed by atoms with Crippen LogP contribution in [-0.4, -0.2) is 21.4 Å². The van der Waals surface area contributed by atoms with Crippen molar-refractivity contribution in [1.29, 1.82) is 0 Å². The minimum atomic E-state index is -0.428. The first-order valence-electron chi connectivity index (χ1n) is 5.83. The molecule has 0 fully saturated rings. The maximum atomic E-state index is 10.9. The third-order valence-corrected chi connectivity index (χ3v) is 3.67. The molecule has 6 nitrogen and oxygen atoms in total. The van der Waals surface area contributed by atoms with Crippen LogP contribution in [0.1, 0.15) is 23.5 Å². The number of aryl methyl sites for hydroxylation is 1. The van der Waals surface area contributed by atoms with Crippen molar-refractivity contribution < 1.29 is 4.92 Å². The summed E-state index contributed by atoms with van der Waals surface area (Å²) in [5.41, 5.74) is 0.743. The van der Waals surface area contributed by atoms with Gasteiger partial charge in [0.15, 0.2) is 0 Å². The average molecular weight is 278 g/mol. The Hall–Kier alpha value is -2.02. The molecule has 0 aliphatic rings. The molecule has 19 heavy (non-hydrogen) atoms. The molecule has 0 bridgehead atoms. The molecule has 0 saturated heterocycles. The van der Waals surface area contributed by atoms with Gasteiger partial charge >= 0.3 is 5.69 Å². The highest BCUT2D eigenvalue weighted by Gasteiger charge is 2.16. The molecule has 2 rings (SSSR count). The molecular weight excluding hydrogens is 264 g/mol. The van der Waals surface area contributed by atoms with Gasteiger partial charge in [-0.1, -0.05) is 6.92 Å². The number of anilines is 1. The van der Waals surface area contributed by atoms with Crippen molar-refractivity contribution in [3.63, 3.8) is 0 Å². The van der Waals surface area contributed by atoms with E-state index < -0.39 is 4.92 Å². The van der Waals surface area contributed by atoms with Gasteiger partial charge in [-0.3, -0.25) is 10.1 Å². The maximum absolute atomic E-state index is 10.9. The van der Waals surface area contributed by atoms with E-state index in [2.05, 4.69) is 15.3 Å². The lowest BCUT2D eigenvalue weighted by atomic mass is 10.2. The lowest BCUT2D eigenvalue weighted by Gasteiger charge is -2.11. The number of thiazole rings is 1. The van der Waals surface area contributed by atoms with Crippen LogP contribution in [0.2, 0.25) is 0 Å². The molecule has 0 amide bonds. The maximum Gasteiger partial charge on any atom is 0.311 e. The molecule has 1 unspecified atom stereocenters. The third-order valence-electron chi connectivity index (χ3n) is 2.66. The van der Waals surface area contributed by atoms with Gasteiger partial charge in [0.1, 0.15) is 0 Å². The number of rotatable bonds is 5. The summed E-state index contributed by atoms with van der Waals surface area (Å²) in [6.07, 6.45) is 1.75. The van der Waals surface area contributed by atoms with Crippen molar-refractivity contribution in [3.8, 4) is 0 Å². The number of nitrogens with zero attached hydrogens (tertiary/aromatic N) is 3. The van der Waals surface area contributed by atoms with Gasteiger partial charge < -0.3 is 5.32 Å². The second-order valence-electron chi connectivity index (χ2n) is 4.23. The monoisotopic (exact) mass is 278 g/mol. The molecule has 0 aliphatic carbocycles. The lowest BCUT2D eigenvalue weighted by molar-refractivity contribution is -0.384. The number of aromatic nitrogens is 2. The Morgan fingerprint density at radius 2 is 2.32 bits per heavy atom. The van der Waals surface area contributed by atoms with E-state index in [4.69, 9.17) is 0 Å². The predicted molar refractivity (Wildman–Crippen MR) is 74.6 cm³/mol. The SMILES string of the molecule is Cc1ccc([N+](=O)[O-])c(NCC(C)c2nccs2)n1. The van der Waals surface area contributed by atoms with Gasteiger partial charge in [0.25, 0.3) is 0 Å². The topological polar surface area (TPSA) is 81.0 Å². The Morgan fingerprint density at radius 1 is 1.53 bits per heavy atom. The minimum Gasteiger partial charge on any atom is -0.364 e. The van der Waals surface area contributed by atoms with E-state index >= 15 is 0 Å². The lowest BCUT2D eigenvalue weighted by Crippen LogP contribution is -2.12. The van der Waals surface area contributed by atoms with E-state index in [0.29, 0.717) is 12.4 Å². The molecule has 7 heteroatoms. The van der Waals surface area contributed by atoms with Gasteiger partial charge in [0, 0.05) is 35.8 Å². The molecule has 2 aromatic heterocycles. The van der Waals surface area contributed by atoms with E-state index in [0.717, 1.165) is 10.7 Å². The van der Waals surface area contributed by atoms with E-state index in [1.165, 1.54) is 6.07 Å². The summed E-state index contributed by atoms with van der Waals surface area (Å²) in [6.45, 7) is 4.39. The zero-order valence-electron chi connectivity index (χ0n) is 10.7. The smallest absolute Gasteiger partial charge is 0.311 e. The van der Waals surface area contributed by atoms with Crippen molar-refractivity contribution in [3.05, 3.63) is 44.5 Å². The Labute approximate surface area is 114 Å². The van der Waals surface area contributed by atoms with Crippen LogP contribution in [0.5, 0.6) is 0 Å². The summed E-state index contributed by atoms with van der Waals surface area (Å²) in [5.74, 6) is 0.496. The van der Waals surface area contributed by atoms with Crippen LogP contribution in [0.3, 0.4) is 0 Å². The number of nitrogens with one attached hydrogen (secondary N) is 1. The zero-order valence-corrected chi connectivity index (χ0v) is 11.5. The molecule has 1 N–H and O–H groups in total. The molecule has 2 heterocycles. The molecule has 0 radical (unpaired) electrons. The fourth-order valence-electron chi connectivity index (χ4n) is 1.64. The molecule has 2 aromatic rings. The van der Waals surface area contributed by atoms with Crippen LogP contribution in [-0.2, 0) is 0 Å². The Kier molecular flexibility index (Phi) is 4.06. The molecular formula is C12H14N4O2S. The fourth-order valence-corrected chi connectivity index (χ4v) is 2.34. The van der Waals surface area contributed by atoms with Gasteiger partial charge in [-0.25, -0.2) is 9.97 Å². The summed E-state index contributed by atoms with van der Waals surface area (Å²) >= 11 is 1.57. The molecule has 1 atom stereocenters. The largest absolute Gasteiger partial charge is 0.364 e. The number of pyridine rings is 1. The van der Waals surface area contributed by atoms with Gasteiger partial charge in [0.2, 0.25) is 5.82 Å². The number of hydrogen-bond donors (Lipinski definition) is 1. The quantitative estimate of drug-likeness (QED) is 0.671. The molecule has 0 aromatic carbocycles. The highest BCUT2D eigenvalue weighted by Crippen LogP contribution is 2.24. The Morgan fingerprint density at radius 3 is 2.95 bits per heavy atom. The first-order valence-corrected chi connectivity index (χ1v) is 6.71. The van der Waals surface area contributed by atoms with E-state index in [-0.39, 0.29) is 11.6 Å². The van der Waals surface area contributed by atoms with E-state index in [9.17, 15) is 10.1 Å². The molecule has 0 aliphatic heterocycles. The second-order valence-corrected chi connectivity index (χ2v) is 5.16. The van der Waals surface area contributed by atoms with Crippen LogP contribution in [0.25, 0.3) is 0 Å². The summed E-state index contributed by atoms with van der Waals surface area (Å²) in [5, 5.41) is 16.9. The van der Waals surface area contributed by atoms with Gasteiger partial charge in [-0.15, -0.1) is 11.3 Å². The zero-order chi connectivity index (χ0) is 13.8. The fraction of sp³-hybridized carbons (Fsp3) is 0.333. The van der Waals surface area contributed by atoms with Crippen LogP contribution >= 0.6 is 11.3 Å². The summed E-state index contributed by atoms with van der Waals surface area (Å²) < 4.78 is 0. The van der Waals surface area contributed by atoms with E-state index in [1.807, 2.05) is 12.3 Å². The highest BCUT2D eigenvalue weighted by atomic mass is 32.1. The van der Waals surface area contributed by atoms with Crippen molar-refractivity contribution in [2.45, 2.75) is 19.8 Å². The van der Waals surface area contributed by atoms with Crippen molar-refractivity contribution in [2.24, 2.45) is 0 Å². The van der Waals surface area contributed by atoms with Gasteiger partial charge in [-0.05, 0) is 13.0 Å². The van der Waals surface area contributed by atoms with Crippen molar-refractivity contribution in [1.82, 2.24) is 9.97 Å².